The Labute approximate surface area is 94.5 Å². The first-order valence-electron chi connectivity index (χ1n) is 5.03. The molecule has 0 saturated carbocycles. The second kappa shape index (κ2) is 7.05. The molecule has 1 saturated heterocycles. The molecule has 0 radical (unpaired) electrons. The first kappa shape index (κ1) is 14.7. The van der Waals surface area contributed by atoms with Crippen LogP contribution in [0.3, 0.4) is 0 Å². The van der Waals surface area contributed by atoms with Gasteiger partial charge in [-0.25, -0.2) is 9.59 Å². The number of ether oxygens (including phenoxy) is 3. The molecular formula is C10H18O6. The minimum absolute atomic E-state index is 0.730. The quantitative estimate of drug-likeness (QED) is 0.512. The van der Waals surface area contributed by atoms with Crippen molar-refractivity contribution in [1.29, 1.82) is 0 Å². The summed E-state index contributed by atoms with van der Waals surface area (Å²) in [5.41, 5.74) is -0.730. The van der Waals surface area contributed by atoms with Crippen molar-refractivity contribution in [1.82, 2.24) is 0 Å². The van der Waals surface area contributed by atoms with E-state index in [1.165, 1.54) is 12.8 Å². The van der Waals surface area contributed by atoms with Gasteiger partial charge in [-0.3, -0.25) is 0 Å². The number of carbonyl (C=O) groups is 2. The maximum absolute atomic E-state index is 10.4. The van der Waals surface area contributed by atoms with E-state index in [-0.39, 0.29) is 0 Å². The molecule has 0 bridgehead atoms. The van der Waals surface area contributed by atoms with E-state index in [2.05, 4.69) is 9.47 Å². The van der Waals surface area contributed by atoms with Gasteiger partial charge >= 0.3 is 12.3 Å². The Morgan fingerprint density at radius 2 is 1.69 bits per heavy atom. The van der Waals surface area contributed by atoms with Gasteiger partial charge in [0.25, 0.3) is 0 Å². The number of carbonyl (C=O) groups excluding carboxylic acids is 1. The minimum Gasteiger partial charge on any atom is -0.449 e. The number of carboxylic acid groups (broad SMARTS) is 1. The lowest BCUT2D eigenvalue weighted by molar-refractivity contribution is -0.000103. The zero-order valence-corrected chi connectivity index (χ0v) is 9.82. The Morgan fingerprint density at radius 1 is 1.19 bits per heavy atom. The summed E-state index contributed by atoms with van der Waals surface area (Å²) >= 11 is 0. The third-order valence-electron chi connectivity index (χ3n) is 1.39. The van der Waals surface area contributed by atoms with Crippen molar-refractivity contribution in [3.63, 3.8) is 0 Å². The number of hydrogen-bond acceptors (Lipinski definition) is 5. The number of rotatable bonds is 0. The minimum atomic E-state index is -1.67. The Kier molecular flexibility index (Phi) is 6.48. The SMILES string of the molecule is C1CCOC1.CC(C)(C)OC(=O)OC(=O)O. The zero-order chi connectivity index (χ0) is 12.6. The van der Waals surface area contributed by atoms with Crippen LogP contribution in [0.4, 0.5) is 9.59 Å². The summed E-state index contributed by atoms with van der Waals surface area (Å²) in [6, 6.07) is 0. The smallest absolute Gasteiger partial charge is 0.449 e. The molecule has 0 atom stereocenters. The molecule has 16 heavy (non-hydrogen) atoms. The van der Waals surface area contributed by atoms with E-state index in [1.54, 1.807) is 20.8 Å². The maximum Gasteiger partial charge on any atom is 0.519 e. The zero-order valence-electron chi connectivity index (χ0n) is 9.82. The molecule has 0 aromatic heterocycles. The summed E-state index contributed by atoms with van der Waals surface area (Å²) in [5.74, 6) is 0. The van der Waals surface area contributed by atoms with Crippen LogP contribution in [0.25, 0.3) is 0 Å². The van der Waals surface area contributed by atoms with Crippen molar-refractivity contribution >= 4 is 12.3 Å². The molecule has 0 amide bonds. The molecule has 1 aliphatic rings. The van der Waals surface area contributed by atoms with Crippen molar-refractivity contribution in [3.05, 3.63) is 0 Å². The molecule has 0 aromatic carbocycles. The topological polar surface area (TPSA) is 82.1 Å². The van der Waals surface area contributed by atoms with E-state index in [0.29, 0.717) is 0 Å². The summed E-state index contributed by atoms with van der Waals surface area (Å²) in [6.45, 7) is 6.82. The summed E-state index contributed by atoms with van der Waals surface area (Å²) in [5, 5.41) is 7.96. The van der Waals surface area contributed by atoms with E-state index in [1.807, 2.05) is 0 Å². The van der Waals surface area contributed by atoms with Gasteiger partial charge in [-0.2, -0.15) is 0 Å². The van der Waals surface area contributed by atoms with E-state index in [0.717, 1.165) is 13.2 Å². The predicted octanol–water partition coefficient (Wildman–Crippen LogP) is 2.41. The molecule has 1 heterocycles. The predicted molar refractivity (Wildman–Crippen MR) is 55.4 cm³/mol. The van der Waals surface area contributed by atoms with E-state index in [9.17, 15) is 9.59 Å². The van der Waals surface area contributed by atoms with Crippen LogP contribution in [0.5, 0.6) is 0 Å². The molecule has 1 fully saturated rings. The van der Waals surface area contributed by atoms with Crippen molar-refractivity contribution < 1.29 is 28.9 Å². The van der Waals surface area contributed by atoms with Gasteiger partial charge in [0.1, 0.15) is 5.60 Å². The third-order valence-corrected chi connectivity index (χ3v) is 1.39. The van der Waals surface area contributed by atoms with Gasteiger partial charge < -0.3 is 19.3 Å². The van der Waals surface area contributed by atoms with Crippen LogP contribution in [0.2, 0.25) is 0 Å². The Hall–Kier alpha value is -1.30. The van der Waals surface area contributed by atoms with Crippen LogP contribution in [0.15, 0.2) is 0 Å². The normalized spacial score (nSPS) is 14.7. The van der Waals surface area contributed by atoms with Gasteiger partial charge in [-0.05, 0) is 33.6 Å². The molecule has 0 unspecified atom stereocenters. The average molecular weight is 234 g/mol. The molecule has 0 spiro atoms. The fraction of sp³-hybridized carbons (Fsp3) is 0.800. The molecule has 1 N–H and O–H groups in total. The maximum atomic E-state index is 10.4. The highest BCUT2D eigenvalue weighted by Gasteiger charge is 2.19. The van der Waals surface area contributed by atoms with Crippen molar-refractivity contribution in [2.75, 3.05) is 13.2 Å². The van der Waals surface area contributed by atoms with Crippen molar-refractivity contribution in [2.45, 2.75) is 39.2 Å². The first-order chi connectivity index (χ1) is 7.31. The fourth-order valence-corrected chi connectivity index (χ4v) is 0.852. The largest absolute Gasteiger partial charge is 0.519 e. The second-order valence-electron chi connectivity index (χ2n) is 4.15. The highest BCUT2D eigenvalue weighted by atomic mass is 16.8. The van der Waals surface area contributed by atoms with Gasteiger partial charge in [0, 0.05) is 13.2 Å². The van der Waals surface area contributed by atoms with Crippen LogP contribution < -0.4 is 0 Å². The Bertz CT molecular complexity index is 218. The van der Waals surface area contributed by atoms with E-state index >= 15 is 0 Å². The van der Waals surface area contributed by atoms with Crippen LogP contribution in [-0.4, -0.2) is 36.2 Å². The second-order valence-corrected chi connectivity index (χ2v) is 4.15. The van der Waals surface area contributed by atoms with Crippen LogP contribution >= 0.6 is 0 Å². The van der Waals surface area contributed by atoms with Gasteiger partial charge in [-0.1, -0.05) is 0 Å². The fourth-order valence-electron chi connectivity index (χ4n) is 0.852. The summed E-state index contributed by atoms with van der Waals surface area (Å²) in [4.78, 5) is 20.2. The third kappa shape index (κ3) is 10.8. The standard InChI is InChI=1S/C6H10O5.C4H8O/c1-6(2,3)11-5(9)10-4(7)8;1-2-4-5-3-1/h1-3H3,(H,7,8);1-4H2. The first-order valence-corrected chi connectivity index (χ1v) is 5.03. The highest BCUT2D eigenvalue weighted by Crippen LogP contribution is 2.07. The van der Waals surface area contributed by atoms with E-state index < -0.39 is 17.9 Å². The van der Waals surface area contributed by atoms with Gasteiger partial charge in [0.05, 0.1) is 0 Å². The van der Waals surface area contributed by atoms with Crippen LogP contribution in [0, 0.1) is 0 Å². The van der Waals surface area contributed by atoms with Crippen molar-refractivity contribution in [3.8, 4) is 0 Å². The Morgan fingerprint density at radius 3 is 1.94 bits per heavy atom. The highest BCUT2D eigenvalue weighted by molar-refractivity contribution is 5.75. The van der Waals surface area contributed by atoms with Gasteiger partial charge in [0.15, 0.2) is 0 Å². The average Bonchev–Trinajstić information content (AvgIpc) is 2.53. The van der Waals surface area contributed by atoms with Crippen LogP contribution in [0.1, 0.15) is 33.6 Å². The summed E-state index contributed by atoms with van der Waals surface area (Å²) in [6.07, 6.45) is -0.316. The van der Waals surface area contributed by atoms with Crippen LogP contribution in [-0.2, 0) is 14.2 Å². The molecule has 1 aliphatic heterocycles. The lowest BCUT2D eigenvalue weighted by Crippen LogP contribution is -2.25. The summed E-state index contributed by atoms with van der Waals surface area (Å²) < 4.78 is 13.1. The molecule has 6 heteroatoms. The van der Waals surface area contributed by atoms with Gasteiger partial charge in [-0.15, -0.1) is 0 Å². The molecule has 94 valence electrons. The molecule has 0 aromatic rings. The molecular weight excluding hydrogens is 216 g/mol. The van der Waals surface area contributed by atoms with E-state index in [4.69, 9.17) is 9.84 Å². The lowest BCUT2D eigenvalue weighted by atomic mass is 10.2. The lowest BCUT2D eigenvalue weighted by Gasteiger charge is -2.17. The molecule has 0 aliphatic carbocycles. The Balaban J connectivity index is 0.000000368. The number of hydrogen-bond donors (Lipinski definition) is 1. The van der Waals surface area contributed by atoms with Crippen molar-refractivity contribution in [2.24, 2.45) is 0 Å². The molecule has 1 rings (SSSR count). The summed E-state index contributed by atoms with van der Waals surface area (Å²) in [7, 11) is 0. The molecule has 6 nitrogen and oxygen atoms in total. The van der Waals surface area contributed by atoms with Gasteiger partial charge in [0.2, 0.25) is 0 Å². The monoisotopic (exact) mass is 234 g/mol.